The van der Waals surface area contributed by atoms with E-state index in [1.807, 2.05) is 0 Å². The number of hydrogen-bond acceptors (Lipinski definition) is 4. The molecule has 8 heteroatoms. The van der Waals surface area contributed by atoms with Gasteiger partial charge >= 0.3 is 0 Å². The molecule has 2 amide bonds. The molecular formula is C17H19N3O4S. The van der Waals surface area contributed by atoms with Gasteiger partial charge < -0.3 is 10.6 Å². The smallest absolute Gasteiger partial charge is 0.251 e. The zero-order chi connectivity index (χ0) is 18.3. The monoisotopic (exact) mass is 361 g/mol. The van der Waals surface area contributed by atoms with Crippen molar-refractivity contribution in [1.82, 2.24) is 5.32 Å². The minimum absolute atomic E-state index is 0.0194. The average Bonchev–Trinajstić information content (AvgIpc) is 2.54. The van der Waals surface area contributed by atoms with Crippen molar-refractivity contribution in [3.8, 4) is 0 Å². The summed E-state index contributed by atoms with van der Waals surface area (Å²) in [5.41, 5.74) is 1.29. The Kier molecular flexibility index (Phi) is 6.13. The second kappa shape index (κ2) is 8.29. The molecule has 0 saturated heterocycles. The Bertz CT molecular complexity index is 851. The van der Waals surface area contributed by atoms with Crippen molar-refractivity contribution in [3.05, 3.63) is 60.2 Å². The SMILES string of the molecule is CC(=O)Nc1cccc(NS(=O)(=O)CCNC(=O)c2ccccc2)c1. The molecule has 0 radical (unpaired) electrons. The largest absolute Gasteiger partial charge is 0.351 e. The van der Waals surface area contributed by atoms with E-state index < -0.39 is 10.0 Å². The summed E-state index contributed by atoms with van der Waals surface area (Å²) >= 11 is 0. The minimum Gasteiger partial charge on any atom is -0.351 e. The number of hydrogen-bond donors (Lipinski definition) is 3. The first kappa shape index (κ1) is 18.5. The quantitative estimate of drug-likeness (QED) is 0.699. The lowest BCUT2D eigenvalue weighted by Crippen LogP contribution is -2.31. The van der Waals surface area contributed by atoms with Crippen molar-refractivity contribution in [2.75, 3.05) is 22.3 Å². The van der Waals surface area contributed by atoms with Gasteiger partial charge in [0, 0.05) is 24.7 Å². The summed E-state index contributed by atoms with van der Waals surface area (Å²) in [5, 5.41) is 5.14. The third-order valence-electron chi connectivity index (χ3n) is 3.15. The molecule has 0 aliphatic rings. The first-order valence-electron chi connectivity index (χ1n) is 7.57. The molecule has 0 aromatic heterocycles. The molecule has 2 rings (SSSR count). The van der Waals surface area contributed by atoms with Gasteiger partial charge in [0.2, 0.25) is 15.9 Å². The predicted octanol–water partition coefficient (Wildman–Crippen LogP) is 1.82. The Morgan fingerprint density at radius 2 is 1.64 bits per heavy atom. The number of benzene rings is 2. The van der Waals surface area contributed by atoms with Crippen LogP contribution in [0.4, 0.5) is 11.4 Å². The van der Waals surface area contributed by atoms with Crippen molar-refractivity contribution < 1.29 is 18.0 Å². The van der Waals surface area contributed by atoms with Gasteiger partial charge in [0.05, 0.1) is 11.4 Å². The van der Waals surface area contributed by atoms with E-state index in [9.17, 15) is 18.0 Å². The van der Waals surface area contributed by atoms with E-state index in [0.717, 1.165) is 0 Å². The van der Waals surface area contributed by atoms with Gasteiger partial charge in [-0.25, -0.2) is 8.42 Å². The fourth-order valence-corrected chi connectivity index (χ4v) is 3.04. The molecule has 7 nitrogen and oxygen atoms in total. The highest BCUT2D eigenvalue weighted by molar-refractivity contribution is 7.92. The van der Waals surface area contributed by atoms with E-state index in [2.05, 4.69) is 15.4 Å². The summed E-state index contributed by atoms with van der Waals surface area (Å²) in [6, 6.07) is 14.9. The fraction of sp³-hybridized carbons (Fsp3) is 0.176. The molecule has 0 heterocycles. The van der Waals surface area contributed by atoms with Gasteiger partial charge in [0.15, 0.2) is 0 Å². The average molecular weight is 361 g/mol. The van der Waals surface area contributed by atoms with E-state index in [0.29, 0.717) is 16.9 Å². The van der Waals surface area contributed by atoms with Gasteiger partial charge in [-0.05, 0) is 30.3 Å². The van der Waals surface area contributed by atoms with Crippen LogP contribution in [0.1, 0.15) is 17.3 Å². The topological polar surface area (TPSA) is 104 Å². The summed E-state index contributed by atoms with van der Waals surface area (Å²) in [5.74, 6) is -0.845. The van der Waals surface area contributed by atoms with Crippen LogP contribution in [0.15, 0.2) is 54.6 Å². The summed E-state index contributed by atoms with van der Waals surface area (Å²) < 4.78 is 26.6. The third kappa shape index (κ3) is 6.27. The molecule has 132 valence electrons. The van der Waals surface area contributed by atoms with Crippen LogP contribution in [0.25, 0.3) is 0 Å². The van der Waals surface area contributed by atoms with Crippen LogP contribution >= 0.6 is 0 Å². The molecule has 0 fully saturated rings. The first-order valence-corrected chi connectivity index (χ1v) is 9.22. The van der Waals surface area contributed by atoms with Crippen LogP contribution < -0.4 is 15.4 Å². The molecule has 0 saturated carbocycles. The van der Waals surface area contributed by atoms with Crippen molar-refractivity contribution in [2.24, 2.45) is 0 Å². The van der Waals surface area contributed by atoms with E-state index in [4.69, 9.17) is 0 Å². The summed E-state index contributed by atoms with van der Waals surface area (Å²) in [6.07, 6.45) is 0. The second-order valence-corrected chi connectivity index (χ2v) is 7.15. The van der Waals surface area contributed by atoms with Gasteiger partial charge in [-0.1, -0.05) is 24.3 Å². The number of carbonyl (C=O) groups excluding carboxylic acids is 2. The lowest BCUT2D eigenvalue weighted by atomic mass is 10.2. The highest BCUT2D eigenvalue weighted by Crippen LogP contribution is 2.16. The second-order valence-electron chi connectivity index (χ2n) is 5.30. The number of nitrogens with one attached hydrogen (secondary N) is 3. The molecule has 0 spiro atoms. The predicted molar refractivity (Wildman–Crippen MR) is 96.9 cm³/mol. The Morgan fingerprint density at radius 1 is 0.960 bits per heavy atom. The van der Waals surface area contributed by atoms with Crippen LogP contribution in [0, 0.1) is 0 Å². The maximum atomic E-state index is 12.1. The van der Waals surface area contributed by atoms with E-state index in [1.165, 1.54) is 13.0 Å². The molecule has 0 aliphatic heterocycles. The third-order valence-corrected chi connectivity index (χ3v) is 4.44. The van der Waals surface area contributed by atoms with Crippen LogP contribution in [-0.4, -0.2) is 32.5 Å². The highest BCUT2D eigenvalue weighted by Gasteiger charge is 2.12. The molecule has 2 aromatic rings. The maximum absolute atomic E-state index is 12.1. The van der Waals surface area contributed by atoms with Gasteiger partial charge in [-0.15, -0.1) is 0 Å². The number of sulfonamides is 1. The van der Waals surface area contributed by atoms with E-state index in [1.54, 1.807) is 48.5 Å². The normalized spacial score (nSPS) is 10.8. The molecule has 0 bridgehead atoms. The number of carbonyl (C=O) groups is 2. The molecule has 0 aliphatic carbocycles. The van der Waals surface area contributed by atoms with E-state index >= 15 is 0 Å². The lowest BCUT2D eigenvalue weighted by molar-refractivity contribution is -0.114. The highest BCUT2D eigenvalue weighted by atomic mass is 32.2. The van der Waals surface area contributed by atoms with Crippen LogP contribution in [0.3, 0.4) is 0 Å². The number of amides is 2. The Labute approximate surface area is 146 Å². The summed E-state index contributed by atoms with van der Waals surface area (Å²) in [7, 11) is -3.64. The van der Waals surface area contributed by atoms with Crippen molar-refractivity contribution in [1.29, 1.82) is 0 Å². The van der Waals surface area contributed by atoms with Gasteiger partial charge in [-0.3, -0.25) is 14.3 Å². The van der Waals surface area contributed by atoms with E-state index in [-0.39, 0.29) is 24.1 Å². The lowest BCUT2D eigenvalue weighted by Gasteiger charge is -2.10. The number of rotatable bonds is 7. The van der Waals surface area contributed by atoms with Gasteiger partial charge in [-0.2, -0.15) is 0 Å². The fourth-order valence-electron chi connectivity index (χ4n) is 2.08. The van der Waals surface area contributed by atoms with Crippen molar-refractivity contribution in [2.45, 2.75) is 6.92 Å². The summed E-state index contributed by atoms with van der Waals surface area (Å²) in [6.45, 7) is 1.35. The number of anilines is 2. The van der Waals surface area contributed by atoms with Crippen molar-refractivity contribution >= 4 is 33.2 Å². The van der Waals surface area contributed by atoms with Crippen molar-refractivity contribution in [3.63, 3.8) is 0 Å². The molecule has 0 atom stereocenters. The Hall–Kier alpha value is -2.87. The first-order chi connectivity index (χ1) is 11.9. The molecule has 25 heavy (non-hydrogen) atoms. The van der Waals surface area contributed by atoms with Crippen LogP contribution in [0.2, 0.25) is 0 Å². The Morgan fingerprint density at radius 3 is 2.32 bits per heavy atom. The Balaban J connectivity index is 1.89. The van der Waals surface area contributed by atoms with Crippen LogP contribution in [-0.2, 0) is 14.8 Å². The molecule has 0 unspecified atom stereocenters. The zero-order valence-corrected chi connectivity index (χ0v) is 14.5. The maximum Gasteiger partial charge on any atom is 0.251 e. The van der Waals surface area contributed by atoms with Crippen LogP contribution in [0.5, 0.6) is 0 Å². The van der Waals surface area contributed by atoms with Gasteiger partial charge in [0.1, 0.15) is 0 Å². The molecule has 3 N–H and O–H groups in total. The minimum atomic E-state index is -3.64. The van der Waals surface area contributed by atoms with Gasteiger partial charge in [0.25, 0.3) is 5.91 Å². The zero-order valence-electron chi connectivity index (χ0n) is 13.7. The molecular weight excluding hydrogens is 342 g/mol. The summed E-state index contributed by atoms with van der Waals surface area (Å²) in [4.78, 5) is 22.9. The molecule has 2 aromatic carbocycles. The standard InChI is InChI=1S/C17H19N3O4S/c1-13(21)19-15-8-5-9-16(12-15)20-25(23,24)11-10-18-17(22)14-6-3-2-4-7-14/h2-9,12,20H,10-11H2,1H3,(H,18,22)(H,19,21).